The third kappa shape index (κ3) is 6.95. The lowest BCUT2D eigenvalue weighted by molar-refractivity contribution is -0.138. The number of hydrogen-bond donors (Lipinski definition) is 2. The quantitative estimate of drug-likeness (QED) is 0.506. The number of aliphatic carboxylic acids is 1. The zero-order valence-corrected chi connectivity index (χ0v) is 20.4. The highest BCUT2D eigenvalue weighted by atomic mass is 32.2. The van der Waals surface area contributed by atoms with Crippen LogP contribution in [0.4, 0.5) is 5.82 Å². The lowest BCUT2D eigenvalue weighted by Gasteiger charge is -2.33. The molecule has 2 fully saturated rings. The van der Waals surface area contributed by atoms with Crippen LogP contribution in [0, 0.1) is 5.92 Å². The van der Waals surface area contributed by atoms with Crippen molar-refractivity contribution in [2.75, 3.05) is 23.7 Å². The molecule has 1 aliphatic carbocycles. The van der Waals surface area contributed by atoms with Gasteiger partial charge < -0.3 is 15.3 Å². The van der Waals surface area contributed by atoms with Crippen LogP contribution in [0.5, 0.6) is 0 Å². The highest BCUT2D eigenvalue weighted by Crippen LogP contribution is 2.29. The molecule has 2 aromatic rings. The standard InChI is InChI=1S/C26H34N4O3S/c31-24(32)16-20-7-5-14-30(18-20)23-11-10-22(25(33)28-21-8-2-1-3-9-21)26(29-23)34-15-12-19-6-4-13-27-17-19/h4,6,10-11,13,17,20-21H,1-3,5,7-9,12,14-16,18H2,(H,28,33)(H,31,32)/t20-/m0/s1. The second kappa shape index (κ2) is 12.2. The van der Waals surface area contributed by atoms with E-state index in [1.54, 1.807) is 18.0 Å². The zero-order chi connectivity index (χ0) is 23.8. The molecule has 4 rings (SSSR count). The Balaban J connectivity index is 1.49. The summed E-state index contributed by atoms with van der Waals surface area (Å²) in [6, 6.07) is 8.06. The molecule has 0 bridgehead atoms. The third-order valence-corrected chi connectivity index (χ3v) is 7.68. The summed E-state index contributed by atoms with van der Waals surface area (Å²) in [7, 11) is 0. The van der Waals surface area contributed by atoms with Gasteiger partial charge in [-0.05, 0) is 61.8 Å². The Morgan fingerprint density at radius 2 is 1.97 bits per heavy atom. The van der Waals surface area contributed by atoms with Crippen LogP contribution in [0.2, 0.25) is 0 Å². The van der Waals surface area contributed by atoms with Crippen molar-refractivity contribution in [3.8, 4) is 0 Å². The number of rotatable bonds is 9. The number of nitrogens with zero attached hydrogens (tertiary/aromatic N) is 3. The van der Waals surface area contributed by atoms with Gasteiger partial charge in [0.15, 0.2) is 0 Å². The van der Waals surface area contributed by atoms with E-state index in [9.17, 15) is 14.7 Å². The molecule has 34 heavy (non-hydrogen) atoms. The van der Waals surface area contributed by atoms with Crippen molar-refractivity contribution in [2.24, 2.45) is 5.92 Å². The average molecular weight is 483 g/mol. The van der Waals surface area contributed by atoms with E-state index in [1.807, 2.05) is 24.4 Å². The molecule has 8 heteroatoms. The summed E-state index contributed by atoms with van der Waals surface area (Å²) in [5.74, 6) is 0.962. The Hall–Kier alpha value is -2.61. The summed E-state index contributed by atoms with van der Waals surface area (Å²) in [6.07, 6.45) is 12.2. The van der Waals surface area contributed by atoms with Crippen LogP contribution < -0.4 is 10.2 Å². The fourth-order valence-corrected chi connectivity index (χ4v) is 5.90. The molecule has 1 aliphatic heterocycles. The van der Waals surface area contributed by atoms with Crippen molar-refractivity contribution in [1.29, 1.82) is 0 Å². The second-order valence-electron chi connectivity index (χ2n) is 9.34. The predicted molar refractivity (Wildman–Crippen MR) is 134 cm³/mol. The molecule has 2 aliphatic rings. The van der Waals surface area contributed by atoms with Crippen LogP contribution in [0.3, 0.4) is 0 Å². The minimum absolute atomic E-state index is 0.0442. The van der Waals surface area contributed by atoms with Gasteiger partial charge in [0.05, 0.1) is 5.56 Å². The van der Waals surface area contributed by atoms with Gasteiger partial charge in [0.2, 0.25) is 0 Å². The van der Waals surface area contributed by atoms with Gasteiger partial charge in [0.25, 0.3) is 5.91 Å². The molecule has 2 aromatic heterocycles. The first-order chi connectivity index (χ1) is 16.6. The molecule has 1 saturated carbocycles. The van der Waals surface area contributed by atoms with Crippen molar-refractivity contribution in [2.45, 2.75) is 68.9 Å². The number of amides is 1. The van der Waals surface area contributed by atoms with Gasteiger partial charge >= 0.3 is 5.97 Å². The number of aryl methyl sites for hydroxylation is 1. The minimum atomic E-state index is -0.749. The van der Waals surface area contributed by atoms with Crippen LogP contribution in [0.1, 0.15) is 67.3 Å². The highest BCUT2D eigenvalue weighted by Gasteiger charge is 2.25. The molecular weight excluding hydrogens is 448 g/mol. The van der Waals surface area contributed by atoms with E-state index in [0.29, 0.717) is 12.1 Å². The van der Waals surface area contributed by atoms with Gasteiger partial charge in [-0.3, -0.25) is 14.6 Å². The second-order valence-corrected chi connectivity index (χ2v) is 10.4. The average Bonchev–Trinajstić information content (AvgIpc) is 2.85. The van der Waals surface area contributed by atoms with E-state index in [1.165, 1.54) is 19.3 Å². The van der Waals surface area contributed by atoms with Gasteiger partial charge in [-0.25, -0.2) is 4.98 Å². The number of aromatic nitrogens is 2. The molecule has 1 amide bonds. The van der Waals surface area contributed by atoms with Crippen molar-refractivity contribution in [3.05, 3.63) is 47.8 Å². The molecule has 7 nitrogen and oxygen atoms in total. The molecule has 1 saturated heterocycles. The van der Waals surface area contributed by atoms with Crippen molar-refractivity contribution in [3.63, 3.8) is 0 Å². The summed E-state index contributed by atoms with van der Waals surface area (Å²) in [5, 5.41) is 13.2. The fourth-order valence-electron chi connectivity index (χ4n) is 4.90. The number of carbonyl (C=O) groups excluding carboxylic acids is 1. The largest absolute Gasteiger partial charge is 0.481 e. The maximum Gasteiger partial charge on any atom is 0.303 e. The Bertz CT molecular complexity index is 966. The number of nitrogens with one attached hydrogen (secondary N) is 1. The zero-order valence-electron chi connectivity index (χ0n) is 19.6. The molecular formula is C26H34N4O3S. The minimum Gasteiger partial charge on any atom is -0.481 e. The van der Waals surface area contributed by atoms with Crippen LogP contribution in [0.15, 0.2) is 41.7 Å². The third-order valence-electron chi connectivity index (χ3n) is 6.69. The molecule has 0 unspecified atom stereocenters. The number of carboxylic acids is 1. The molecule has 3 heterocycles. The van der Waals surface area contributed by atoms with Crippen LogP contribution >= 0.6 is 11.8 Å². The van der Waals surface area contributed by atoms with Crippen LogP contribution in [-0.2, 0) is 11.2 Å². The van der Waals surface area contributed by atoms with E-state index in [0.717, 1.165) is 60.8 Å². The molecule has 1 atom stereocenters. The predicted octanol–water partition coefficient (Wildman–Crippen LogP) is 4.57. The molecule has 0 aromatic carbocycles. The summed E-state index contributed by atoms with van der Waals surface area (Å²) in [6.45, 7) is 1.54. The Morgan fingerprint density at radius 3 is 2.74 bits per heavy atom. The first-order valence-corrected chi connectivity index (χ1v) is 13.4. The SMILES string of the molecule is O=C(O)C[C@@H]1CCCN(c2ccc(C(=O)NC3CCCCC3)c(SCCc3cccnc3)n2)C1. The lowest BCUT2D eigenvalue weighted by atomic mass is 9.95. The van der Waals surface area contributed by atoms with Gasteiger partial charge in [-0.1, -0.05) is 25.3 Å². The first kappa shape index (κ1) is 24.5. The Morgan fingerprint density at radius 1 is 1.12 bits per heavy atom. The number of anilines is 1. The number of piperidine rings is 1. The van der Waals surface area contributed by atoms with Gasteiger partial charge in [0, 0.05) is 43.7 Å². The molecule has 0 radical (unpaired) electrons. The number of carbonyl (C=O) groups is 2. The van der Waals surface area contributed by atoms with E-state index in [2.05, 4.69) is 21.3 Å². The molecule has 0 spiro atoms. The smallest absolute Gasteiger partial charge is 0.303 e. The van der Waals surface area contributed by atoms with Crippen LogP contribution in [-0.4, -0.2) is 51.8 Å². The van der Waals surface area contributed by atoms with Crippen LogP contribution in [0.25, 0.3) is 0 Å². The fraction of sp³-hybridized carbons (Fsp3) is 0.538. The highest BCUT2D eigenvalue weighted by molar-refractivity contribution is 7.99. The van der Waals surface area contributed by atoms with Gasteiger partial charge in [0.1, 0.15) is 10.8 Å². The van der Waals surface area contributed by atoms with Crippen molar-refractivity contribution in [1.82, 2.24) is 15.3 Å². The maximum atomic E-state index is 13.2. The summed E-state index contributed by atoms with van der Waals surface area (Å²) in [4.78, 5) is 35.6. The summed E-state index contributed by atoms with van der Waals surface area (Å²) < 4.78 is 0. The monoisotopic (exact) mass is 482 g/mol. The van der Waals surface area contributed by atoms with Gasteiger partial charge in [-0.2, -0.15) is 0 Å². The van der Waals surface area contributed by atoms with Gasteiger partial charge in [-0.15, -0.1) is 11.8 Å². The molecule has 182 valence electrons. The van der Waals surface area contributed by atoms with E-state index >= 15 is 0 Å². The van der Waals surface area contributed by atoms with E-state index in [-0.39, 0.29) is 24.3 Å². The number of carboxylic acid groups (broad SMARTS) is 1. The van der Waals surface area contributed by atoms with E-state index in [4.69, 9.17) is 4.98 Å². The number of hydrogen-bond acceptors (Lipinski definition) is 6. The number of thioether (sulfide) groups is 1. The number of pyridine rings is 2. The summed E-state index contributed by atoms with van der Waals surface area (Å²) in [5.41, 5.74) is 1.79. The molecule has 2 N–H and O–H groups in total. The first-order valence-electron chi connectivity index (χ1n) is 12.4. The van der Waals surface area contributed by atoms with Crippen molar-refractivity contribution >= 4 is 29.5 Å². The van der Waals surface area contributed by atoms with Crippen molar-refractivity contribution < 1.29 is 14.7 Å². The lowest BCUT2D eigenvalue weighted by Crippen LogP contribution is -2.38. The summed E-state index contributed by atoms with van der Waals surface area (Å²) >= 11 is 1.60. The maximum absolute atomic E-state index is 13.2. The van der Waals surface area contributed by atoms with E-state index < -0.39 is 5.97 Å². The normalized spacial score (nSPS) is 19.1. The Labute approximate surface area is 205 Å². The Kier molecular flexibility index (Phi) is 8.79. The topological polar surface area (TPSA) is 95.4 Å².